The minimum absolute atomic E-state index is 0.134. The van der Waals surface area contributed by atoms with Gasteiger partial charge in [0, 0.05) is 18.9 Å². The van der Waals surface area contributed by atoms with Gasteiger partial charge in [0.05, 0.1) is 11.8 Å². The lowest BCUT2D eigenvalue weighted by Crippen LogP contribution is -2.42. The molecule has 2 rings (SSSR count). The van der Waals surface area contributed by atoms with E-state index in [0.29, 0.717) is 13.0 Å². The number of amides is 1. The summed E-state index contributed by atoms with van der Waals surface area (Å²) in [6.45, 7) is 4.16. The number of aromatic nitrogens is 1. The smallest absolute Gasteiger partial charge is 0.307 e. The highest BCUT2D eigenvalue weighted by atomic mass is 16.4. The van der Waals surface area contributed by atoms with Crippen LogP contribution in [0.1, 0.15) is 25.8 Å². The van der Waals surface area contributed by atoms with Crippen molar-refractivity contribution < 1.29 is 14.7 Å². The second-order valence-electron chi connectivity index (χ2n) is 5.63. The fourth-order valence-electron chi connectivity index (χ4n) is 2.94. The molecule has 1 amide bonds. The number of carbonyl (C=O) groups excluding carboxylic acids is 1. The topological polar surface area (TPSA) is 79.3 Å². The SMILES string of the molecule is CC1=C[C@H](C)[C@H](C(=O)O)[C@H](C(=O)NCc2cccnc2)C1. The first-order valence-electron chi connectivity index (χ1n) is 7.05. The van der Waals surface area contributed by atoms with Gasteiger partial charge in [0.2, 0.25) is 5.91 Å². The number of pyridine rings is 1. The molecule has 1 aliphatic rings. The maximum absolute atomic E-state index is 12.4. The standard InChI is InChI=1S/C16H20N2O3/c1-10-6-11(2)14(16(20)21)13(7-10)15(19)18-9-12-4-3-5-17-8-12/h3-6,8,11,13-14H,7,9H2,1-2H3,(H,18,19)(H,20,21)/t11-,13+,14-/m0/s1. The van der Waals surface area contributed by atoms with Crippen molar-refractivity contribution in [3.05, 3.63) is 41.7 Å². The Morgan fingerprint density at radius 2 is 2.24 bits per heavy atom. The van der Waals surface area contributed by atoms with Gasteiger partial charge >= 0.3 is 5.97 Å². The van der Waals surface area contributed by atoms with Gasteiger partial charge in [-0.15, -0.1) is 0 Å². The van der Waals surface area contributed by atoms with Crippen molar-refractivity contribution in [2.45, 2.75) is 26.8 Å². The average Bonchev–Trinajstić information content (AvgIpc) is 2.44. The van der Waals surface area contributed by atoms with E-state index in [0.717, 1.165) is 11.1 Å². The highest BCUT2D eigenvalue weighted by Crippen LogP contribution is 2.34. The number of allylic oxidation sites excluding steroid dienone is 2. The van der Waals surface area contributed by atoms with E-state index in [1.165, 1.54) is 0 Å². The summed E-state index contributed by atoms with van der Waals surface area (Å²) >= 11 is 0. The van der Waals surface area contributed by atoms with Crippen molar-refractivity contribution in [3.63, 3.8) is 0 Å². The van der Waals surface area contributed by atoms with Gasteiger partial charge in [-0.3, -0.25) is 14.6 Å². The number of aliphatic carboxylic acids is 1. The van der Waals surface area contributed by atoms with E-state index in [9.17, 15) is 14.7 Å². The molecule has 0 saturated heterocycles. The van der Waals surface area contributed by atoms with E-state index in [4.69, 9.17) is 0 Å². The van der Waals surface area contributed by atoms with Crippen molar-refractivity contribution in [3.8, 4) is 0 Å². The van der Waals surface area contributed by atoms with E-state index in [1.807, 2.05) is 26.0 Å². The van der Waals surface area contributed by atoms with Crippen LogP contribution in [0.25, 0.3) is 0 Å². The Balaban J connectivity index is 2.06. The summed E-state index contributed by atoms with van der Waals surface area (Å²) in [5, 5.41) is 12.2. The number of nitrogens with zero attached hydrogens (tertiary/aromatic N) is 1. The monoisotopic (exact) mass is 288 g/mol. The van der Waals surface area contributed by atoms with Crippen LogP contribution < -0.4 is 5.32 Å². The highest BCUT2D eigenvalue weighted by Gasteiger charge is 2.39. The van der Waals surface area contributed by atoms with Gasteiger partial charge in [0.15, 0.2) is 0 Å². The fourth-order valence-corrected chi connectivity index (χ4v) is 2.94. The number of rotatable bonds is 4. The number of nitrogens with one attached hydrogen (secondary N) is 1. The number of carboxylic acid groups (broad SMARTS) is 1. The first-order chi connectivity index (χ1) is 9.99. The number of hydrogen-bond donors (Lipinski definition) is 2. The Bertz CT molecular complexity index is 554. The molecular weight excluding hydrogens is 268 g/mol. The zero-order valence-electron chi connectivity index (χ0n) is 12.2. The van der Waals surface area contributed by atoms with Gasteiger partial charge in [-0.2, -0.15) is 0 Å². The van der Waals surface area contributed by atoms with E-state index < -0.39 is 17.8 Å². The van der Waals surface area contributed by atoms with E-state index in [-0.39, 0.29) is 11.8 Å². The van der Waals surface area contributed by atoms with Gasteiger partial charge in [-0.25, -0.2) is 0 Å². The molecule has 0 aromatic carbocycles. The molecule has 1 aromatic rings. The summed E-state index contributed by atoms with van der Waals surface area (Å²) in [6.07, 6.45) is 5.80. The summed E-state index contributed by atoms with van der Waals surface area (Å²) in [7, 11) is 0. The van der Waals surface area contributed by atoms with Crippen molar-refractivity contribution >= 4 is 11.9 Å². The molecule has 3 atom stereocenters. The van der Waals surface area contributed by atoms with Crippen LogP contribution in [-0.2, 0) is 16.1 Å². The molecular formula is C16H20N2O3. The van der Waals surface area contributed by atoms with Gasteiger partial charge in [-0.1, -0.05) is 24.6 Å². The zero-order valence-corrected chi connectivity index (χ0v) is 12.2. The molecule has 0 aliphatic heterocycles. The van der Waals surface area contributed by atoms with Crippen molar-refractivity contribution in [2.75, 3.05) is 0 Å². The molecule has 1 aliphatic carbocycles. The van der Waals surface area contributed by atoms with Gasteiger partial charge < -0.3 is 10.4 Å². The lowest BCUT2D eigenvalue weighted by Gasteiger charge is -2.31. The molecule has 0 fully saturated rings. The second-order valence-corrected chi connectivity index (χ2v) is 5.63. The third-order valence-corrected chi connectivity index (χ3v) is 3.90. The number of carbonyl (C=O) groups is 2. The summed E-state index contributed by atoms with van der Waals surface area (Å²) in [6, 6.07) is 3.67. The Hall–Kier alpha value is -2.17. The predicted molar refractivity (Wildman–Crippen MR) is 78.2 cm³/mol. The Kier molecular flexibility index (Phi) is 4.73. The van der Waals surface area contributed by atoms with E-state index in [2.05, 4.69) is 10.3 Å². The molecule has 0 radical (unpaired) electrons. The molecule has 5 heteroatoms. The maximum Gasteiger partial charge on any atom is 0.307 e. The second kappa shape index (κ2) is 6.52. The first-order valence-corrected chi connectivity index (χ1v) is 7.05. The molecule has 1 aromatic heterocycles. The molecule has 5 nitrogen and oxygen atoms in total. The minimum atomic E-state index is -0.909. The zero-order chi connectivity index (χ0) is 15.4. The molecule has 112 valence electrons. The average molecular weight is 288 g/mol. The van der Waals surface area contributed by atoms with Crippen LogP contribution in [0.5, 0.6) is 0 Å². The lowest BCUT2D eigenvalue weighted by atomic mass is 9.73. The summed E-state index contributed by atoms with van der Waals surface area (Å²) < 4.78 is 0. The highest BCUT2D eigenvalue weighted by molar-refractivity contribution is 5.85. The van der Waals surface area contributed by atoms with Crippen molar-refractivity contribution in [2.24, 2.45) is 17.8 Å². The van der Waals surface area contributed by atoms with Crippen LogP contribution in [0.15, 0.2) is 36.2 Å². The summed E-state index contributed by atoms with van der Waals surface area (Å²) in [5.74, 6) is -2.43. The third kappa shape index (κ3) is 3.68. The molecule has 0 saturated carbocycles. The maximum atomic E-state index is 12.4. The van der Waals surface area contributed by atoms with Crippen LogP contribution in [0.2, 0.25) is 0 Å². The summed E-state index contributed by atoms with van der Waals surface area (Å²) in [4.78, 5) is 27.8. The fraction of sp³-hybridized carbons (Fsp3) is 0.438. The quantitative estimate of drug-likeness (QED) is 0.831. The van der Waals surface area contributed by atoms with Crippen LogP contribution >= 0.6 is 0 Å². The molecule has 0 unspecified atom stereocenters. The third-order valence-electron chi connectivity index (χ3n) is 3.90. The van der Waals surface area contributed by atoms with Gasteiger partial charge in [-0.05, 0) is 30.9 Å². The predicted octanol–water partition coefficient (Wildman–Crippen LogP) is 2.00. The van der Waals surface area contributed by atoms with E-state index in [1.54, 1.807) is 18.5 Å². The van der Waals surface area contributed by atoms with Gasteiger partial charge in [0.1, 0.15) is 0 Å². The molecule has 0 bridgehead atoms. The Labute approximate surface area is 124 Å². The molecule has 21 heavy (non-hydrogen) atoms. The van der Waals surface area contributed by atoms with E-state index >= 15 is 0 Å². The normalized spacial score (nSPS) is 25.0. The van der Waals surface area contributed by atoms with Crippen LogP contribution in [0.3, 0.4) is 0 Å². The lowest BCUT2D eigenvalue weighted by molar-refractivity contribution is -0.149. The van der Waals surface area contributed by atoms with Gasteiger partial charge in [0.25, 0.3) is 0 Å². The molecule has 0 spiro atoms. The molecule has 2 N–H and O–H groups in total. The van der Waals surface area contributed by atoms with Crippen LogP contribution in [0.4, 0.5) is 0 Å². The first kappa shape index (κ1) is 15.2. The summed E-state index contributed by atoms with van der Waals surface area (Å²) in [5.41, 5.74) is 1.97. The van der Waals surface area contributed by atoms with Crippen LogP contribution in [-0.4, -0.2) is 22.0 Å². The van der Waals surface area contributed by atoms with Crippen molar-refractivity contribution in [1.82, 2.24) is 10.3 Å². The van der Waals surface area contributed by atoms with Crippen molar-refractivity contribution in [1.29, 1.82) is 0 Å². The van der Waals surface area contributed by atoms with Crippen LogP contribution in [0, 0.1) is 17.8 Å². The Morgan fingerprint density at radius 3 is 2.86 bits per heavy atom. The molecule has 1 heterocycles. The number of hydrogen-bond acceptors (Lipinski definition) is 3. The minimum Gasteiger partial charge on any atom is -0.481 e. The largest absolute Gasteiger partial charge is 0.481 e. The number of carboxylic acids is 1. The Morgan fingerprint density at radius 1 is 1.48 bits per heavy atom.